The molecule has 4 saturated carbocycles. The van der Waals surface area contributed by atoms with Crippen LogP contribution in [0.1, 0.15) is 181 Å². The SMILES string of the molecule is CC1(C)N2C3=C(CCCC3C13CCCCC3)B1C3=CC=C(N(C4=CCCCC4)C4CCCCC4)CC3N(C3CCCCC3)C3CCCC2C13. The second kappa shape index (κ2) is 12.6. The summed E-state index contributed by atoms with van der Waals surface area (Å²) in [5.74, 6) is 1.64. The van der Waals surface area contributed by atoms with Crippen molar-refractivity contribution in [2.45, 2.75) is 222 Å². The number of hydrogen-bond donors (Lipinski definition) is 0. The highest BCUT2D eigenvalue weighted by atomic mass is 15.3. The predicted octanol–water partition coefficient (Wildman–Crippen LogP) is 11.3. The molecule has 5 unspecified atom stereocenters. The quantitative estimate of drug-likeness (QED) is 0.278. The lowest BCUT2D eigenvalue weighted by atomic mass is 9.24. The average Bonchev–Trinajstić information content (AvgIpc) is 3.34. The van der Waals surface area contributed by atoms with Gasteiger partial charge < -0.3 is 9.80 Å². The van der Waals surface area contributed by atoms with Crippen LogP contribution in [0.3, 0.4) is 0 Å². The number of nitrogens with zero attached hydrogens (tertiary/aromatic N) is 3. The van der Waals surface area contributed by atoms with Crippen molar-refractivity contribution in [2.75, 3.05) is 0 Å². The minimum atomic E-state index is 0.301. The molecule has 266 valence electrons. The number of fused-ring (bicyclic) bond motifs is 5. The van der Waals surface area contributed by atoms with Crippen LogP contribution < -0.4 is 0 Å². The maximum Gasteiger partial charge on any atom is 0.210 e. The first-order chi connectivity index (χ1) is 24.1. The fraction of sp³-hybridized carbons (Fsp3) is 0.822. The average molecular weight is 662 g/mol. The zero-order chi connectivity index (χ0) is 32.7. The Kier molecular flexibility index (Phi) is 8.31. The van der Waals surface area contributed by atoms with E-state index in [2.05, 4.69) is 46.8 Å². The van der Waals surface area contributed by atoms with Gasteiger partial charge in [-0.3, -0.25) is 4.90 Å². The van der Waals surface area contributed by atoms with Gasteiger partial charge in [0.2, 0.25) is 6.71 Å². The van der Waals surface area contributed by atoms with Crippen LogP contribution in [0.25, 0.3) is 0 Å². The van der Waals surface area contributed by atoms with Crippen molar-refractivity contribution in [1.29, 1.82) is 0 Å². The molecule has 3 nitrogen and oxygen atoms in total. The second-order valence-electron chi connectivity index (χ2n) is 19.5. The minimum Gasteiger partial charge on any atom is -0.367 e. The van der Waals surface area contributed by atoms with Gasteiger partial charge in [0.15, 0.2) is 0 Å². The minimum absolute atomic E-state index is 0.301. The van der Waals surface area contributed by atoms with E-state index in [4.69, 9.17) is 0 Å². The zero-order valence-corrected chi connectivity index (χ0v) is 31.6. The molecule has 0 aromatic heterocycles. The van der Waals surface area contributed by atoms with Crippen LogP contribution >= 0.6 is 0 Å². The highest BCUT2D eigenvalue weighted by Crippen LogP contribution is 2.69. The first-order valence-electron chi connectivity index (χ1n) is 22.3. The van der Waals surface area contributed by atoms with Crippen LogP contribution in [-0.4, -0.2) is 57.2 Å². The van der Waals surface area contributed by atoms with Crippen LogP contribution in [-0.2, 0) is 0 Å². The molecule has 10 rings (SSSR count). The fourth-order valence-electron chi connectivity index (χ4n) is 15.4. The summed E-state index contributed by atoms with van der Waals surface area (Å²) < 4.78 is 0. The molecular weight excluding hydrogens is 593 g/mol. The van der Waals surface area contributed by atoms with Gasteiger partial charge in [0.1, 0.15) is 0 Å². The summed E-state index contributed by atoms with van der Waals surface area (Å²) in [6, 6.07) is 3.69. The van der Waals surface area contributed by atoms with Gasteiger partial charge in [-0.25, -0.2) is 0 Å². The Labute approximate surface area is 300 Å². The summed E-state index contributed by atoms with van der Waals surface area (Å²) in [4.78, 5) is 9.55. The topological polar surface area (TPSA) is 9.72 Å². The molecule has 6 fully saturated rings. The lowest BCUT2D eigenvalue weighted by Gasteiger charge is -2.64. The molecule has 0 radical (unpaired) electrons. The van der Waals surface area contributed by atoms with Crippen molar-refractivity contribution in [3.8, 4) is 0 Å². The van der Waals surface area contributed by atoms with Crippen molar-refractivity contribution in [2.24, 2.45) is 11.3 Å². The van der Waals surface area contributed by atoms with Gasteiger partial charge in [0, 0.05) is 70.6 Å². The van der Waals surface area contributed by atoms with Gasteiger partial charge in [-0.15, -0.1) is 0 Å². The van der Waals surface area contributed by atoms with E-state index in [1.165, 1.54) is 167 Å². The largest absolute Gasteiger partial charge is 0.367 e. The van der Waals surface area contributed by atoms with E-state index in [1.807, 2.05) is 16.6 Å². The van der Waals surface area contributed by atoms with Crippen LogP contribution in [0.4, 0.5) is 0 Å². The van der Waals surface area contributed by atoms with Gasteiger partial charge in [0.05, 0.1) is 0 Å². The normalized spacial score (nSPS) is 37.6. The molecule has 0 aromatic rings. The third kappa shape index (κ3) is 4.82. The van der Waals surface area contributed by atoms with Crippen molar-refractivity contribution >= 4 is 6.71 Å². The van der Waals surface area contributed by atoms with Crippen molar-refractivity contribution < 1.29 is 0 Å². The van der Waals surface area contributed by atoms with Crippen LogP contribution in [0.15, 0.2) is 46.3 Å². The Hall–Kier alpha value is -1.42. The van der Waals surface area contributed by atoms with Gasteiger partial charge in [-0.1, -0.05) is 80.9 Å². The maximum atomic E-state index is 3.31. The van der Waals surface area contributed by atoms with E-state index in [1.54, 1.807) is 11.4 Å². The second-order valence-corrected chi connectivity index (χ2v) is 19.5. The molecule has 0 amide bonds. The van der Waals surface area contributed by atoms with Crippen LogP contribution in [0.5, 0.6) is 0 Å². The molecule has 4 heteroatoms. The van der Waals surface area contributed by atoms with Gasteiger partial charge >= 0.3 is 0 Å². The van der Waals surface area contributed by atoms with Crippen molar-refractivity contribution in [1.82, 2.24) is 14.7 Å². The third-order valence-electron chi connectivity index (χ3n) is 17.3. The highest BCUT2D eigenvalue weighted by Gasteiger charge is 2.69. The summed E-state index contributed by atoms with van der Waals surface area (Å²) in [7, 11) is 0. The molecule has 10 aliphatic rings. The molecule has 2 saturated heterocycles. The number of rotatable bonds is 4. The molecule has 49 heavy (non-hydrogen) atoms. The summed E-state index contributed by atoms with van der Waals surface area (Å²) >= 11 is 0. The molecule has 7 aliphatic carbocycles. The van der Waals surface area contributed by atoms with Crippen molar-refractivity contribution in [3.05, 3.63) is 46.3 Å². The molecule has 0 aromatic carbocycles. The fourth-order valence-corrected chi connectivity index (χ4v) is 15.4. The lowest BCUT2D eigenvalue weighted by Crippen LogP contribution is -2.69. The number of allylic oxidation sites excluding steroid dienone is 6. The third-order valence-corrected chi connectivity index (χ3v) is 17.3. The Morgan fingerprint density at radius 3 is 2.22 bits per heavy atom. The van der Waals surface area contributed by atoms with Gasteiger partial charge in [-0.2, -0.15) is 0 Å². The monoisotopic (exact) mass is 662 g/mol. The van der Waals surface area contributed by atoms with Gasteiger partial charge in [0.25, 0.3) is 0 Å². The predicted molar refractivity (Wildman–Crippen MR) is 205 cm³/mol. The maximum absolute atomic E-state index is 3.31. The Morgan fingerprint density at radius 2 is 1.45 bits per heavy atom. The first kappa shape index (κ1) is 32.3. The Balaban J connectivity index is 1.12. The number of hydrogen-bond acceptors (Lipinski definition) is 3. The van der Waals surface area contributed by atoms with E-state index in [9.17, 15) is 0 Å². The Morgan fingerprint density at radius 1 is 0.694 bits per heavy atom. The molecular formula is C45H68BN3. The van der Waals surface area contributed by atoms with E-state index < -0.39 is 0 Å². The van der Waals surface area contributed by atoms with Crippen LogP contribution in [0.2, 0.25) is 5.82 Å². The molecule has 1 spiro atoms. The lowest BCUT2D eigenvalue weighted by molar-refractivity contribution is -0.0290. The highest BCUT2D eigenvalue weighted by molar-refractivity contribution is 6.76. The summed E-state index contributed by atoms with van der Waals surface area (Å²) in [5, 5.41) is 0. The van der Waals surface area contributed by atoms with Crippen molar-refractivity contribution in [3.63, 3.8) is 0 Å². The van der Waals surface area contributed by atoms with E-state index in [0.717, 1.165) is 42.6 Å². The zero-order valence-electron chi connectivity index (χ0n) is 31.6. The first-order valence-corrected chi connectivity index (χ1v) is 22.3. The van der Waals surface area contributed by atoms with E-state index >= 15 is 0 Å². The molecule has 0 bridgehead atoms. The molecule has 3 aliphatic heterocycles. The summed E-state index contributed by atoms with van der Waals surface area (Å²) in [6.45, 7) is 6.23. The van der Waals surface area contributed by atoms with E-state index in [-0.39, 0.29) is 0 Å². The summed E-state index contributed by atoms with van der Waals surface area (Å²) in [5.41, 5.74) is 10.1. The molecule has 5 atom stereocenters. The molecule has 3 heterocycles. The molecule has 0 N–H and O–H groups in total. The van der Waals surface area contributed by atoms with E-state index in [0.29, 0.717) is 17.0 Å². The van der Waals surface area contributed by atoms with Gasteiger partial charge in [-0.05, 0) is 128 Å². The smallest absolute Gasteiger partial charge is 0.210 e. The van der Waals surface area contributed by atoms with Crippen LogP contribution in [0, 0.1) is 11.3 Å². The Bertz CT molecular complexity index is 1400. The summed E-state index contributed by atoms with van der Waals surface area (Å²) in [6.07, 6.45) is 45.3. The standard InChI is InChI=1S/C45H68BN3/c1-44(2)45(29-13-6-14-30-45)36-23-15-24-38-43(36)49(44)40-26-16-25-39-42(40)46(38)37-28-27-35(31-41(37)48(39)34-21-11-5-12-22-34)47(32-17-7-3-8-18-32)33-19-9-4-10-20-33/h17,27-28,33-34,36,39-42H,3-16,18-26,29-31H2,1-2H3.